The van der Waals surface area contributed by atoms with Crippen molar-refractivity contribution in [2.75, 3.05) is 13.2 Å². The molecule has 2 rings (SSSR count). The number of aliphatic hydroxyl groups excluding tert-OH is 1. The molecule has 2 heteroatoms. The Morgan fingerprint density at radius 2 is 1.68 bits per heavy atom. The summed E-state index contributed by atoms with van der Waals surface area (Å²) in [7, 11) is 0. The van der Waals surface area contributed by atoms with Crippen LogP contribution in [0.3, 0.4) is 0 Å². The minimum atomic E-state index is 0.395. The Balaban J connectivity index is 1.71. The number of rotatable bonds is 5. The van der Waals surface area contributed by atoms with E-state index in [4.69, 9.17) is 0 Å². The molecule has 0 aliphatic heterocycles. The highest BCUT2D eigenvalue weighted by Gasteiger charge is 2.27. The van der Waals surface area contributed by atoms with Gasteiger partial charge in [0.2, 0.25) is 0 Å². The third-order valence-electron chi connectivity index (χ3n) is 5.68. The molecule has 2 saturated carbocycles. The molecule has 4 unspecified atom stereocenters. The lowest BCUT2D eigenvalue weighted by atomic mass is 9.89. The molecule has 0 heterocycles. The molecule has 112 valence electrons. The molecule has 2 aliphatic carbocycles. The van der Waals surface area contributed by atoms with Crippen molar-refractivity contribution in [3.05, 3.63) is 0 Å². The van der Waals surface area contributed by atoms with E-state index in [-0.39, 0.29) is 0 Å². The topological polar surface area (TPSA) is 32.3 Å². The fourth-order valence-corrected chi connectivity index (χ4v) is 4.14. The van der Waals surface area contributed by atoms with Gasteiger partial charge in [0.15, 0.2) is 0 Å². The highest BCUT2D eigenvalue weighted by atomic mass is 16.3. The zero-order valence-corrected chi connectivity index (χ0v) is 12.9. The van der Waals surface area contributed by atoms with Crippen LogP contribution in [0.1, 0.15) is 65.2 Å². The molecule has 0 saturated heterocycles. The van der Waals surface area contributed by atoms with Crippen LogP contribution in [-0.4, -0.2) is 24.3 Å². The monoisotopic (exact) mass is 267 g/mol. The van der Waals surface area contributed by atoms with Gasteiger partial charge in [-0.1, -0.05) is 33.1 Å². The Hall–Kier alpha value is -0.0800. The summed E-state index contributed by atoms with van der Waals surface area (Å²) in [6.07, 6.45) is 10.8. The van der Waals surface area contributed by atoms with Crippen LogP contribution in [-0.2, 0) is 0 Å². The van der Waals surface area contributed by atoms with Crippen molar-refractivity contribution in [1.29, 1.82) is 0 Å². The van der Waals surface area contributed by atoms with E-state index in [9.17, 15) is 5.11 Å². The fraction of sp³-hybridized carbons (Fsp3) is 1.00. The van der Waals surface area contributed by atoms with Crippen LogP contribution in [0.25, 0.3) is 0 Å². The van der Waals surface area contributed by atoms with Crippen molar-refractivity contribution in [2.24, 2.45) is 23.7 Å². The van der Waals surface area contributed by atoms with Gasteiger partial charge in [0.25, 0.3) is 0 Å². The normalized spacial score (nSPS) is 36.6. The maximum absolute atomic E-state index is 9.39. The fourth-order valence-electron chi connectivity index (χ4n) is 4.14. The third kappa shape index (κ3) is 4.46. The minimum absolute atomic E-state index is 0.395. The van der Waals surface area contributed by atoms with Gasteiger partial charge in [0, 0.05) is 12.6 Å². The van der Waals surface area contributed by atoms with Crippen LogP contribution in [0, 0.1) is 23.7 Å². The third-order valence-corrected chi connectivity index (χ3v) is 5.68. The predicted molar refractivity (Wildman–Crippen MR) is 81.1 cm³/mol. The SMILES string of the molecule is CC(C)C1CCCC(NCC2CCCC2CO)CC1. The number of hydrogen-bond acceptors (Lipinski definition) is 2. The van der Waals surface area contributed by atoms with Gasteiger partial charge in [-0.25, -0.2) is 0 Å². The lowest BCUT2D eigenvalue weighted by Gasteiger charge is -2.23. The molecular formula is C17H33NO. The average Bonchev–Trinajstić information content (AvgIpc) is 2.72. The molecule has 0 aromatic heterocycles. The number of aliphatic hydroxyl groups is 1. The lowest BCUT2D eigenvalue weighted by Crippen LogP contribution is -2.34. The van der Waals surface area contributed by atoms with Gasteiger partial charge >= 0.3 is 0 Å². The molecule has 2 N–H and O–H groups in total. The second-order valence-corrected chi connectivity index (χ2v) is 7.25. The van der Waals surface area contributed by atoms with Crippen LogP contribution in [0.2, 0.25) is 0 Å². The summed E-state index contributed by atoms with van der Waals surface area (Å²) in [4.78, 5) is 0. The summed E-state index contributed by atoms with van der Waals surface area (Å²) in [5, 5.41) is 13.2. The van der Waals surface area contributed by atoms with Gasteiger partial charge in [-0.15, -0.1) is 0 Å². The van der Waals surface area contributed by atoms with Gasteiger partial charge < -0.3 is 10.4 Å². The summed E-state index contributed by atoms with van der Waals surface area (Å²) >= 11 is 0. The predicted octanol–water partition coefficient (Wildman–Crippen LogP) is 3.59. The van der Waals surface area contributed by atoms with Crippen LogP contribution in [0.15, 0.2) is 0 Å². The first-order chi connectivity index (χ1) is 9.20. The van der Waals surface area contributed by atoms with Crippen LogP contribution in [0.5, 0.6) is 0 Å². The Morgan fingerprint density at radius 1 is 0.947 bits per heavy atom. The van der Waals surface area contributed by atoms with Crippen molar-refractivity contribution in [2.45, 2.75) is 71.3 Å². The van der Waals surface area contributed by atoms with Crippen molar-refractivity contribution in [1.82, 2.24) is 5.32 Å². The van der Waals surface area contributed by atoms with Gasteiger partial charge in [-0.3, -0.25) is 0 Å². The molecular weight excluding hydrogens is 234 g/mol. The average molecular weight is 267 g/mol. The first kappa shape index (κ1) is 15.3. The largest absolute Gasteiger partial charge is 0.396 e. The van der Waals surface area contributed by atoms with E-state index in [2.05, 4.69) is 19.2 Å². The summed E-state index contributed by atoms with van der Waals surface area (Å²) in [6, 6.07) is 0.740. The zero-order valence-electron chi connectivity index (χ0n) is 12.9. The molecule has 19 heavy (non-hydrogen) atoms. The second-order valence-electron chi connectivity index (χ2n) is 7.25. The Bertz CT molecular complexity index is 254. The number of nitrogens with one attached hydrogen (secondary N) is 1. The lowest BCUT2D eigenvalue weighted by molar-refractivity contribution is 0.189. The summed E-state index contributed by atoms with van der Waals surface area (Å²) in [5.41, 5.74) is 0. The molecule has 0 spiro atoms. The van der Waals surface area contributed by atoms with E-state index in [1.54, 1.807) is 0 Å². The van der Waals surface area contributed by atoms with E-state index < -0.39 is 0 Å². The van der Waals surface area contributed by atoms with Crippen LogP contribution >= 0.6 is 0 Å². The molecule has 0 aromatic carbocycles. The molecule has 2 nitrogen and oxygen atoms in total. The molecule has 0 bridgehead atoms. The first-order valence-electron chi connectivity index (χ1n) is 8.55. The Labute approximate surface area is 119 Å². The molecule has 0 radical (unpaired) electrons. The highest BCUT2D eigenvalue weighted by Crippen LogP contribution is 2.32. The molecule has 0 aromatic rings. The summed E-state index contributed by atoms with van der Waals surface area (Å²) < 4.78 is 0. The van der Waals surface area contributed by atoms with Crippen LogP contribution in [0.4, 0.5) is 0 Å². The molecule has 4 atom stereocenters. The second kappa shape index (κ2) is 7.64. The van der Waals surface area contributed by atoms with Crippen molar-refractivity contribution in [3.8, 4) is 0 Å². The van der Waals surface area contributed by atoms with Gasteiger partial charge in [-0.05, 0) is 62.3 Å². The van der Waals surface area contributed by atoms with Gasteiger partial charge in [0.1, 0.15) is 0 Å². The van der Waals surface area contributed by atoms with E-state index in [0.29, 0.717) is 12.5 Å². The quantitative estimate of drug-likeness (QED) is 0.746. The minimum Gasteiger partial charge on any atom is -0.396 e. The summed E-state index contributed by atoms with van der Waals surface area (Å²) in [5.74, 6) is 3.10. The van der Waals surface area contributed by atoms with E-state index >= 15 is 0 Å². The Kier molecular flexibility index (Phi) is 6.15. The van der Waals surface area contributed by atoms with Crippen molar-refractivity contribution in [3.63, 3.8) is 0 Å². The van der Waals surface area contributed by atoms with E-state index in [1.807, 2.05) is 0 Å². The maximum atomic E-state index is 9.39. The summed E-state index contributed by atoms with van der Waals surface area (Å²) in [6.45, 7) is 6.29. The molecule has 2 aliphatic rings. The van der Waals surface area contributed by atoms with Gasteiger partial charge in [-0.2, -0.15) is 0 Å². The zero-order chi connectivity index (χ0) is 13.7. The number of hydrogen-bond donors (Lipinski definition) is 2. The van der Waals surface area contributed by atoms with Crippen molar-refractivity contribution >= 4 is 0 Å². The molecule has 2 fully saturated rings. The standard InChI is InChI=1S/C17H33NO/c1-13(2)14-5-4-8-17(10-9-14)18-11-15-6-3-7-16(15)12-19/h13-19H,3-12H2,1-2H3. The molecule has 0 amide bonds. The van der Waals surface area contributed by atoms with Gasteiger partial charge in [0.05, 0.1) is 0 Å². The highest BCUT2D eigenvalue weighted by molar-refractivity contribution is 4.82. The maximum Gasteiger partial charge on any atom is 0.0462 e. The van der Waals surface area contributed by atoms with E-state index in [0.717, 1.165) is 30.3 Å². The van der Waals surface area contributed by atoms with Crippen molar-refractivity contribution < 1.29 is 5.11 Å². The van der Waals surface area contributed by atoms with E-state index in [1.165, 1.54) is 51.4 Å². The smallest absolute Gasteiger partial charge is 0.0462 e. The Morgan fingerprint density at radius 3 is 2.42 bits per heavy atom. The van der Waals surface area contributed by atoms with Crippen LogP contribution < -0.4 is 5.32 Å². The first-order valence-corrected chi connectivity index (χ1v) is 8.55.